The summed E-state index contributed by atoms with van der Waals surface area (Å²) < 4.78 is 24.9. The lowest BCUT2D eigenvalue weighted by molar-refractivity contribution is -0.118. The highest BCUT2D eigenvalue weighted by molar-refractivity contribution is 6.32. The number of hydrogen-bond donors (Lipinski definition) is 2. The molecule has 36 heavy (non-hydrogen) atoms. The Hall–Kier alpha value is -4.06. The smallest absolute Gasteiger partial charge is 0.266 e. The van der Waals surface area contributed by atoms with Gasteiger partial charge in [-0.2, -0.15) is 5.26 Å². The van der Waals surface area contributed by atoms with Gasteiger partial charge >= 0.3 is 0 Å². The molecule has 3 aromatic carbocycles. The number of nitrogens with zero attached hydrogens (tertiary/aromatic N) is 1. The first-order valence-corrected chi connectivity index (χ1v) is 11.4. The summed E-state index contributed by atoms with van der Waals surface area (Å²) in [5.74, 6) is -1.54. The molecule has 0 saturated heterocycles. The Morgan fingerprint density at radius 2 is 1.83 bits per heavy atom. The Morgan fingerprint density at radius 1 is 1.06 bits per heavy atom. The van der Waals surface area contributed by atoms with Crippen LogP contribution in [0.5, 0.6) is 11.5 Å². The van der Waals surface area contributed by atoms with E-state index in [0.717, 1.165) is 0 Å². The largest absolute Gasteiger partial charge is 0.490 e. The minimum atomic E-state index is -0.640. The summed E-state index contributed by atoms with van der Waals surface area (Å²) in [6.07, 6.45) is 1.34. The van der Waals surface area contributed by atoms with Crippen LogP contribution in [-0.4, -0.2) is 25.0 Å². The van der Waals surface area contributed by atoms with E-state index in [1.54, 1.807) is 37.3 Å². The van der Waals surface area contributed by atoms with Crippen LogP contribution in [-0.2, 0) is 9.59 Å². The number of amides is 2. The molecule has 0 aliphatic rings. The molecule has 0 radical (unpaired) electrons. The maximum absolute atomic E-state index is 13.8. The van der Waals surface area contributed by atoms with Gasteiger partial charge in [0, 0.05) is 10.7 Å². The van der Waals surface area contributed by atoms with Crippen LogP contribution in [0, 0.1) is 17.1 Å². The van der Waals surface area contributed by atoms with E-state index in [0.29, 0.717) is 16.3 Å². The third-order valence-corrected chi connectivity index (χ3v) is 5.10. The summed E-state index contributed by atoms with van der Waals surface area (Å²) in [6.45, 7) is 1.53. The predicted molar refractivity (Wildman–Crippen MR) is 137 cm³/mol. The van der Waals surface area contributed by atoms with Crippen molar-refractivity contribution in [3.05, 3.63) is 87.7 Å². The van der Waals surface area contributed by atoms with Gasteiger partial charge in [0.15, 0.2) is 18.1 Å². The molecule has 0 bridgehead atoms. The fourth-order valence-corrected chi connectivity index (χ4v) is 3.50. The van der Waals surface area contributed by atoms with E-state index in [1.165, 1.54) is 36.4 Å². The van der Waals surface area contributed by atoms with Crippen LogP contribution >= 0.6 is 23.2 Å². The number of hydrogen-bond acceptors (Lipinski definition) is 5. The number of para-hydroxylation sites is 1. The molecule has 3 aromatic rings. The second-order valence-electron chi connectivity index (χ2n) is 7.21. The first-order valence-electron chi connectivity index (χ1n) is 10.6. The summed E-state index contributed by atoms with van der Waals surface area (Å²) in [5, 5.41) is 15.0. The zero-order valence-electron chi connectivity index (χ0n) is 19.0. The SMILES string of the molecule is CCOc1cc(/C=C(/C#N)C(=O)Nc2cccc(Cl)c2)cc(Cl)c1OCC(=O)Nc1ccccc1F. The van der Waals surface area contributed by atoms with E-state index < -0.39 is 24.2 Å². The van der Waals surface area contributed by atoms with E-state index in [1.807, 2.05) is 6.07 Å². The molecule has 0 spiro atoms. The van der Waals surface area contributed by atoms with Crippen LogP contribution in [0.1, 0.15) is 12.5 Å². The van der Waals surface area contributed by atoms with Gasteiger partial charge in [0.25, 0.3) is 11.8 Å². The minimum absolute atomic E-state index is 0.0165. The number of anilines is 2. The molecule has 10 heteroatoms. The Morgan fingerprint density at radius 3 is 2.53 bits per heavy atom. The number of benzene rings is 3. The molecule has 0 heterocycles. The molecule has 0 atom stereocenters. The number of carbonyl (C=O) groups is 2. The number of carbonyl (C=O) groups excluding carboxylic acids is 2. The van der Waals surface area contributed by atoms with Gasteiger partial charge in [-0.05, 0) is 61.0 Å². The summed E-state index contributed by atoms with van der Waals surface area (Å²) in [6, 6.07) is 17.1. The van der Waals surface area contributed by atoms with Crippen molar-refractivity contribution < 1.29 is 23.5 Å². The lowest BCUT2D eigenvalue weighted by atomic mass is 10.1. The highest BCUT2D eigenvalue weighted by Gasteiger charge is 2.16. The van der Waals surface area contributed by atoms with E-state index in [-0.39, 0.29) is 34.4 Å². The van der Waals surface area contributed by atoms with Crippen molar-refractivity contribution in [3.63, 3.8) is 0 Å². The highest BCUT2D eigenvalue weighted by atomic mass is 35.5. The number of nitriles is 1. The van der Waals surface area contributed by atoms with E-state index in [2.05, 4.69) is 10.6 Å². The molecule has 0 fully saturated rings. The first-order chi connectivity index (χ1) is 17.3. The summed E-state index contributed by atoms with van der Waals surface area (Å²) in [4.78, 5) is 24.8. The zero-order valence-corrected chi connectivity index (χ0v) is 20.5. The van der Waals surface area contributed by atoms with Crippen molar-refractivity contribution in [2.45, 2.75) is 6.92 Å². The van der Waals surface area contributed by atoms with Crippen LogP contribution in [0.3, 0.4) is 0 Å². The van der Waals surface area contributed by atoms with Crippen molar-refractivity contribution in [1.82, 2.24) is 0 Å². The Labute approximate surface area is 217 Å². The molecule has 0 saturated carbocycles. The second-order valence-corrected chi connectivity index (χ2v) is 8.06. The molecule has 3 rings (SSSR count). The molecule has 2 N–H and O–H groups in total. The molecular weight excluding hydrogens is 508 g/mol. The molecule has 0 unspecified atom stereocenters. The Bertz CT molecular complexity index is 1360. The molecule has 7 nitrogen and oxygen atoms in total. The fraction of sp³-hybridized carbons (Fsp3) is 0.115. The lowest BCUT2D eigenvalue weighted by Crippen LogP contribution is -2.21. The quantitative estimate of drug-likeness (QED) is 0.259. The monoisotopic (exact) mass is 527 g/mol. The Balaban J connectivity index is 1.78. The summed E-state index contributed by atoms with van der Waals surface area (Å²) >= 11 is 12.3. The van der Waals surface area contributed by atoms with Crippen LogP contribution in [0.2, 0.25) is 10.0 Å². The molecule has 0 aromatic heterocycles. The van der Waals surface area contributed by atoms with E-state index in [9.17, 15) is 19.2 Å². The third kappa shape index (κ3) is 7.22. The number of rotatable bonds is 9. The molecule has 0 aliphatic carbocycles. The van der Waals surface area contributed by atoms with Gasteiger partial charge in [-0.1, -0.05) is 41.4 Å². The van der Waals surface area contributed by atoms with Crippen molar-refractivity contribution in [1.29, 1.82) is 5.26 Å². The van der Waals surface area contributed by atoms with Crippen LogP contribution < -0.4 is 20.1 Å². The van der Waals surface area contributed by atoms with Crippen molar-refractivity contribution in [2.75, 3.05) is 23.8 Å². The standard InChI is InChI=1S/C26H20Cl2FN3O4/c1-2-35-23-12-16(10-17(14-30)26(34)31-19-7-5-6-18(27)13-19)11-20(28)25(23)36-15-24(33)32-22-9-4-3-8-21(22)29/h3-13H,2,15H2,1H3,(H,31,34)(H,32,33)/b17-10-. The van der Waals surface area contributed by atoms with Gasteiger partial charge in [0.05, 0.1) is 17.3 Å². The summed E-state index contributed by atoms with van der Waals surface area (Å²) in [5.41, 5.74) is 0.651. The van der Waals surface area contributed by atoms with Gasteiger partial charge in [-0.15, -0.1) is 0 Å². The average molecular weight is 528 g/mol. The maximum atomic E-state index is 13.8. The summed E-state index contributed by atoms with van der Waals surface area (Å²) in [7, 11) is 0. The maximum Gasteiger partial charge on any atom is 0.266 e. The lowest BCUT2D eigenvalue weighted by Gasteiger charge is -2.15. The molecule has 0 aliphatic heterocycles. The van der Waals surface area contributed by atoms with Crippen molar-refractivity contribution in [2.24, 2.45) is 0 Å². The second kappa shape index (κ2) is 12.6. The first kappa shape index (κ1) is 26.5. The number of ether oxygens (including phenoxy) is 2. The predicted octanol–water partition coefficient (Wildman–Crippen LogP) is 6.09. The van der Waals surface area contributed by atoms with E-state index >= 15 is 0 Å². The highest BCUT2D eigenvalue weighted by Crippen LogP contribution is 2.37. The van der Waals surface area contributed by atoms with Crippen LogP contribution in [0.4, 0.5) is 15.8 Å². The van der Waals surface area contributed by atoms with Gasteiger partial charge < -0.3 is 20.1 Å². The topological polar surface area (TPSA) is 100 Å². The Kier molecular flexibility index (Phi) is 9.28. The molecular formula is C26H20Cl2FN3O4. The van der Waals surface area contributed by atoms with Crippen LogP contribution in [0.25, 0.3) is 6.08 Å². The molecule has 184 valence electrons. The van der Waals surface area contributed by atoms with Gasteiger partial charge in [0.2, 0.25) is 0 Å². The third-order valence-electron chi connectivity index (χ3n) is 4.59. The zero-order chi connectivity index (χ0) is 26.1. The number of halogens is 3. The van der Waals surface area contributed by atoms with Gasteiger partial charge in [0.1, 0.15) is 17.5 Å². The normalized spacial score (nSPS) is 10.8. The minimum Gasteiger partial charge on any atom is -0.490 e. The average Bonchev–Trinajstić information content (AvgIpc) is 2.83. The van der Waals surface area contributed by atoms with Crippen LogP contribution in [0.15, 0.2) is 66.2 Å². The van der Waals surface area contributed by atoms with Gasteiger partial charge in [-0.25, -0.2) is 4.39 Å². The van der Waals surface area contributed by atoms with Gasteiger partial charge in [-0.3, -0.25) is 9.59 Å². The van der Waals surface area contributed by atoms with Crippen molar-refractivity contribution in [3.8, 4) is 17.6 Å². The number of nitrogens with one attached hydrogen (secondary N) is 2. The van der Waals surface area contributed by atoms with E-state index in [4.69, 9.17) is 32.7 Å². The molecule has 2 amide bonds. The fourth-order valence-electron chi connectivity index (χ4n) is 3.04. The van der Waals surface area contributed by atoms with Crippen molar-refractivity contribution >= 4 is 52.5 Å².